The van der Waals surface area contributed by atoms with Gasteiger partial charge in [0.05, 0.1) is 33.8 Å². The van der Waals surface area contributed by atoms with Crippen molar-refractivity contribution in [1.82, 2.24) is 24.3 Å². The zero-order valence-electron chi connectivity index (χ0n) is 16.8. The first-order chi connectivity index (χ1) is 14.1. The lowest BCUT2D eigenvalue weighted by molar-refractivity contribution is 0.100. The van der Waals surface area contributed by atoms with Gasteiger partial charge < -0.3 is 21.1 Å². The molecular weight excluding hydrogens is 406 g/mol. The number of aliphatic hydroxyl groups is 1. The standard InChI is InChI=1S/C20H22ClN7O2/c1-20(2,3)28-19-13(17(22)24-9-25-19)15(26-28)16-14(21)11-5-4-10(18(23)30)8-12(11)27(16)6-7-29/h4-5,8-9,29H,6-7H2,1-3H3,(H2,23,30)(H2,22,24,25). The summed E-state index contributed by atoms with van der Waals surface area (Å²) >= 11 is 6.79. The molecule has 0 saturated carbocycles. The molecule has 0 spiro atoms. The Labute approximate surface area is 177 Å². The van der Waals surface area contributed by atoms with Crippen molar-refractivity contribution in [3.63, 3.8) is 0 Å². The summed E-state index contributed by atoms with van der Waals surface area (Å²) in [4.78, 5) is 20.2. The molecule has 0 aliphatic rings. The minimum Gasteiger partial charge on any atom is -0.395 e. The van der Waals surface area contributed by atoms with Crippen LogP contribution < -0.4 is 11.5 Å². The van der Waals surface area contributed by atoms with Crippen LogP contribution in [0.1, 0.15) is 31.1 Å². The SMILES string of the molecule is CC(C)(C)n1nc(-c2c(Cl)c3ccc(C(N)=O)cc3n2CCO)c2c(N)ncnc21. The maximum Gasteiger partial charge on any atom is 0.248 e. The van der Waals surface area contributed by atoms with E-state index < -0.39 is 5.91 Å². The number of hydrogen-bond donors (Lipinski definition) is 3. The van der Waals surface area contributed by atoms with E-state index in [0.717, 1.165) is 0 Å². The van der Waals surface area contributed by atoms with E-state index in [2.05, 4.69) is 9.97 Å². The molecule has 0 fully saturated rings. The van der Waals surface area contributed by atoms with Gasteiger partial charge >= 0.3 is 0 Å². The number of nitrogens with two attached hydrogens (primary N) is 2. The molecule has 1 amide bonds. The molecule has 3 heterocycles. The van der Waals surface area contributed by atoms with Crippen LogP contribution in [-0.4, -0.2) is 41.9 Å². The number of carbonyl (C=O) groups is 1. The van der Waals surface area contributed by atoms with Gasteiger partial charge in [0, 0.05) is 17.5 Å². The van der Waals surface area contributed by atoms with Crippen LogP contribution in [0.5, 0.6) is 0 Å². The zero-order chi connectivity index (χ0) is 21.8. The maximum atomic E-state index is 11.7. The Kier molecular flexibility index (Phi) is 4.67. The van der Waals surface area contributed by atoms with Crippen LogP contribution in [0, 0.1) is 0 Å². The quantitative estimate of drug-likeness (QED) is 0.457. The van der Waals surface area contributed by atoms with Crippen LogP contribution in [0.25, 0.3) is 33.3 Å². The summed E-state index contributed by atoms with van der Waals surface area (Å²) < 4.78 is 3.59. The van der Waals surface area contributed by atoms with E-state index in [9.17, 15) is 9.90 Å². The van der Waals surface area contributed by atoms with E-state index >= 15 is 0 Å². The molecule has 0 unspecified atom stereocenters. The highest BCUT2D eigenvalue weighted by atomic mass is 35.5. The molecule has 0 saturated heterocycles. The van der Waals surface area contributed by atoms with Crippen LogP contribution in [0.4, 0.5) is 5.82 Å². The smallest absolute Gasteiger partial charge is 0.248 e. The summed E-state index contributed by atoms with van der Waals surface area (Å²) in [5, 5.41) is 16.2. The Balaban J connectivity index is 2.14. The number of aromatic nitrogens is 5. The molecule has 1 aromatic carbocycles. The van der Waals surface area contributed by atoms with Crippen LogP contribution in [0.2, 0.25) is 5.02 Å². The highest BCUT2D eigenvalue weighted by Crippen LogP contribution is 2.41. The second-order valence-corrected chi connectivity index (χ2v) is 8.40. The van der Waals surface area contributed by atoms with Crippen molar-refractivity contribution in [3.05, 3.63) is 35.1 Å². The Hall–Kier alpha value is -3.17. The second-order valence-electron chi connectivity index (χ2n) is 8.02. The van der Waals surface area contributed by atoms with Gasteiger partial charge in [0.1, 0.15) is 17.8 Å². The lowest BCUT2D eigenvalue weighted by Crippen LogP contribution is -2.23. The molecule has 0 aliphatic heterocycles. The van der Waals surface area contributed by atoms with Gasteiger partial charge in [-0.2, -0.15) is 5.10 Å². The molecular formula is C20H22ClN7O2. The molecule has 0 aliphatic carbocycles. The Bertz CT molecular complexity index is 1300. The maximum absolute atomic E-state index is 11.7. The van der Waals surface area contributed by atoms with E-state index in [1.165, 1.54) is 6.33 Å². The molecule has 10 heteroatoms. The molecule has 30 heavy (non-hydrogen) atoms. The number of fused-ring (bicyclic) bond motifs is 2. The summed E-state index contributed by atoms with van der Waals surface area (Å²) in [5.74, 6) is -0.272. The minimum atomic E-state index is -0.550. The van der Waals surface area contributed by atoms with Gasteiger partial charge in [-0.05, 0) is 32.9 Å². The fourth-order valence-corrected chi connectivity index (χ4v) is 3.98. The zero-order valence-corrected chi connectivity index (χ0v) is 17.6. The molecule has 4 rings (SSSR count). The topological polar surface area (TPSA) is 138 Å². The van der Waals surface area contributed by atoms with E-state index in [0.29, 0.717) is 43.9 Å². The predicted molar refractivity (Wildman–Crippen MR) is 116 cm³/mol. The summed E-state index contributed by atoms with van der Waals surface area (Å²) in [6.07, 6.45) is 1.40. The fraction of sp³-hybridized carbons (Fsp3) is 0.300. The van der Waals surface area contributed by atoms with Crippen molar-refractivity contribution >= 4 is 45.3 Å². The average Bonchev–Trinajstić information content (AvgIpc) is 3.19. The van der Waals surface area contributed by atoms with Crippen molar-refractivity contribution in [1.29, 1.82) is 0 Å². The Morgan fingerprint density at radius 1 is 1.27 bits per heavy atom. The number of carbonyl (C=O) groups excluding carboxylic acids is 1. The van der Waals surface area contributed by atoms with Crippen molar-refractivity contribution < 1.29 is 9.90 Å². The first kappa shape index (κ1) is 20.1. The molecule has 3 aromatic heterocycles. The lowest BCUT2D eigenvalue weighted by atomic mass is 10.1. The second kappa shape index (κ2) is 6.96. The van der Waals surface area contributed by atoms with E-state index in [1.54, 1.807) is 22.9 Å². The fourth-order valence-electron chi connectivity index (χ4n) is 3.63. The number of primary amides is 1. The van der Waals surface area contributed by atoms with E-state index in [-0.39, 0.29) is 24.5 Å². The third kappa shape index (κ3) is 2.98. The number of halogens is 1. The molecule has 0 atom stereocenters. The van der Waals surface area contributed by atoms with Crippen molar-refractivity contribution in [2.75, 3.05) is 12.3 Å². The molecule has 5 N–H and O–H groups in total. The summed E-state index contributed by atoms with van der Waals surface area (Å²) in [6, 6.07) is 5.01. The Morgan fingerprint density at radius 3 is 2.63 bits per heavy atom. The van der Waals surface area contributed by atoms with Gasteiger partial charge in [-0.3, -0.25) is 4.79 Å². The number of aliphatic hydroxyl groups excluding tert-OH is 1. The molecule has 156 valence electrons. The molecule has 4 aromatic rings. The van der Waals surface area contributed by atoms with E-state index in [1.807, 2.05) is 25.3 Å². The van der Waals surface area contributed by atoms with E-state index in [4.69, 9.17) is 28.2 Å². The van der Waals surface area contributed by atoms with Crippen molar-refractivity contribution in [2.24, 2.45) is 5.73 Å². The van der Waals surface area contributed by atoms with Crippen LogP contribution in [0.15, 0.2) is 24.5 Å². The normalized spacial score (nSPS) is 12.2. The van der Waals surface area contributed by atoms with Crippen LogP contribution >= 0.6 is 11.6 Å². The number of benzene rings is 1. The van der Waals surface area contributed by atoms with Gasteiger partial charge in [-0.1, -0.05) is 17.7 Å². The molecule has 0 bridgehead atoms. The third-order valence-electron chi connectivity index (χ3n) is 4.96. The van der Waals surface area contributed by atoms with Gasteiger partial charge in [0.15, 0.2) is 5.65 Å². The monoisotopic (exact) mass is 427 g/mol. The number of nitrogen functional groups attached to an aromatic ring is 1. The van der Waals surface area contributed by atoms with Crippen LogP contribution in [0.3, 0.4) is 0 Å². The average molecular weight is 428 g/mol. The Morgan fingerprint density at radius 2 is 2.00 bits per heavy atom. The van der Waals surface area contributed by atoms with Gasteiger partial charge in [-0.15, -0.1) is 0 Å². The number of rotatable bonds is 4. The summed E-state index contributed by atoms with van der Waals surface area (Å²) in [7, 11) is 0. The highest BCUT2D eigenvalue weighted by Gasteiger charge is 2.28. The van der Waals surface area contributed by atoms with Crippen LogP contribution in [-0.2, 0) is 12.1 Å². The van der Waals surface area contributed by atoms with Crippen molar-refractivity contribution in [3.8, 4) is 11.4 Å². The first-order valence-corrected chi connectivity index (χ1v) is 9.75. The van der Waals surface area contributed by atoms with Gasteiger partial charge in [-0.25, -0.2) is 14.6 Å². The number of nitrogens with zero attached hydrogens (tertiary/aromatic N) is 5. The largest absolute Gasteiger partial charge is 0.395 e. The predicted octanol–water partition coefficient (Wildman–Crippen LogP) is 2.53. The molecule has 9 nitrogen and oxygen atoms in total. The first-order valence-electron chi connectivity index (χ1n) is 9.37. The summed E-state index contributed by atoms with van der Waals surface area (Å²) in [6.45, 7) is 6.11. The number of hydrogen-bond acceptors (Lipinski definition) is 6. The van der Waals surface area contributed by atoms with Gasteiger partial charge in [0.2, 0.25) is 5.91 Å². The highest BCUT2D eigenvalue weighted by molar-refractivity contribution is 6.39. The van der Waals surface area contributed by atoms with Gasteiger partial charge in [0.25, 0.3) is 0 Å². The number of amides is 1. The lowest BCUT2D eigenvalue weighted by Gasteiger charge is -2.19. The minimum absolute atomic E-state index is 0.141. The van der Waals surface area contributed by atoms with Crippen molar-refractivity contribution in [2.45, 2.75) is 32.9 Å². The summed E-state index contributed by atoms with van der Waals surface area (Å²) in [5.41, 5.74) is 13.9. The third-order valence-corrected chi connectivity index (χ3v) is 5.35. The number of anilines is 1. The molecule has 0 radical (unpaired) electrons.